The van der Waals surface area contributed by atoms with Crippen LogP contribution in [0.4, 0.5) is 13.2 Å². The second-order valence-corrected chi connectivity index (χ2v) is 5.34. The fraction of sp³-hybridized carbons (Fsp3) is 0.714. The summed E-state index contributed by atoms with van der Waals surface area (Å²) in [6.45, 7) is 8.30. The van der Waals surface area contributed by atoms with E-state index in [0.29, 0.717) is 18.2 Å². The van der Waals surface area contributed by atoms with Gasteiger partial charge in [0.15, 0.2) is 6.10 Å². The molecule has 1 rings (SSSR count). The van der Waals surface area contributed by atoms with Gasteiger partial charge in [0.2, 0.25) is 0 Å². The Balaban J connectivity index is 2.49. The van der Waals surface area contributed by atoms with E-state index in [0.717, 1.165) is 24.8 Å². The lowest BCUT2D eigenvalue weighted by atomic mass is 10.2. The van der Waals surface area contributed by atoms with Crippen molar-refractivity contribution >= 4 is 0 Å². The Hall–Kier alpha value is -1.01. The van der Waals surface area contributed by atoms with Crippen LogP contribution >= 0.6 is 0 Å². The van der Waals surface area contributed by atoms with Crippen LogP contribution in [0, 0.1) is 12.8 Å². The summed E-state index contributed by atoms with van der Waals surface area (Å²) in [7, 11) is 0. The van der Waals surface area contributed by atoms with Gasteiger partial charge in [0.25, 0.3) is 0 Å². The molecule has 1 atom stereocenters. The summed E-state index contributed by atoms with van der Waals surface area (Å²) in [6.07, 6.45) is -6.14. The van der Waals surface area contributed by atoms with Crippen LogP contribution in [-0.4, -0.2) is 18.8 Å². The van der Waals surface area contributed by atoms with Crippen LogP contribution in [0.5, 0.6) is 0 Å². The summed E-state index contributed by atoms with van der Waals surface area (Å²) in [6, 6.07) is 1.72. The molecule has 20 heavy (non-hydrogen) atoms. The topological polar surface area (TPSA) is 34.4 Å². The van der Waals surface area contributed by atoms with Gasteiger partial charge in [0, 0.05) is 0 Å². The van der Waals surface area contributed by atoms with E-state index in [1.165, 1.54) is 0 Å². The van der Waals surface area contributed by atoms with Crippen molar-refractivity contribution in [1.29, 1.82) is 0 Å². The van der Waals surface area contributed by atoms with Crippen LogP contribution in [0.15, 0.2) is 10.5 Å². The zero-order valence-electron chi connectivity index (χ0n) is 12.3. The van der Waals surface area contributed by atoms with Crippen LogP contribution in [0.2, 0.25) is 0 Å². The van der Waals surface area contributed by atoms with Crippen LogP contribution in [0.3, 0.4) is 0 Å². The summed E-state index contributed by atoms with van der Waals surface area (Å²) < 4.78 is 47.2. The molecule has 0 fully saturated rings. The molecule has 0 aliphatic rings. The second kappa shape index (κ2) is 7.13. The number of hydrogen-bond acceptors (Lipinski definition) is 3. The first kappa shape index (κ1) is 17.0. The predicted molar refractivity (Wildman–Crippen MR) is 70.3 cm³/mol. The zero-order chi connectivity index (χ0) is 15.3. The summed E-state index contributed by atoms with van der Waals surface area (Å²) in [5, 5.41) is 3.23. The van der Waals surface area contributed by atoms with Crippen molar-refractivity contribution < 1.29 is 22.3 Å². The molecular formula is C14H22F3NO2. The molecular weight excluding hydrogens is 271 g/mol. The maximum Gasteiger partial charge on any atom is 0.414 e. The minimum atomic E-state index is -4.34. The summed E-state index contributed by atoms with van der Waals surface area (Å²) >= 11 is 0. The first-order chi connectivity index (χ1) is 9.20. The molecule has 1 aromatic heterocycles. The number of aryl methyl sites for hydroxylation is 1. The number of rotatable bonds is 7. The first-order valence-electron chi connectivity index (χ1n) is 6.67. The highest BCUT2D eigenvalue weighted by Gasteiger charge is 2.37. The summed E-state index contributed by atoms with van der Waals surface area (Å²) in [5.41, 5.74) is 0.916. The quantitative estimate of drug-likeness (QED) is 0.830. The first-order valence-corrected chi connectivity index (χ1v) is 6.67. The fourth-order valence-corrected chi connectivity index (χ4v) is 1.61. The Kier molecular flexibility index (Phi) is 6.07. The lowest BCUT2D eigenvalue weighted by Crippen LogP contribution is -2.28. The van der Waals surface area contributed by atoms with E-state index in [1.807, 2.05) is 6.92 Å². The third-order valence-corrected chi connectivity index (χ3v) is 2.85. The molecule has 1 aromatic rings. The van der Waals surface area contributed by atoms with Crippen LogP contribution in [0.1, 0.15) is 37.9 Å². The molecule has 0 radical (unpaired) electrons. The van der Waals surface area contributed by atoms with Gasteiger partial charge in [-0.25, -0.2) is 0 Å². The number of ether oxygens (including phenoxy) is 1. The monoisotopic (exact) mass is 293 g/mol. The van der Waals surface area contributed by atoms with E-state index < -0.39 is 12.3 Å². The second-order valence-electron chi connectivity index (χ2n) is 5.34. The normalized spacial score (nSPS) is 14.0. The lowest BCUT2D eigenvalue weighted by molar-refractivity contribution is -0.218. The van der Waals surface area contributed by atoms with E-state index in [2.05, 4.69) is 19.2 Å². The van der Waals surface area contributed by atoms with Gasteiger partial charge in [-0.15, -0.1) is 0 Å². The Morgan fingerprint density at radius 3 is 2.50 bits per heavy atom. The third-order valence-electron chi connectivity index (χ3n) is 2.85. The molecule has 1 heterocycles. The molecule has 0 amide bonds. The average molecular weight is 293 g/mol. The molecule has 116 valence electrons. The molecule has 0 aromatic carbocycles. The van der Waals surface area contributed by atoms with Gasteiger partial charge in [-0.05, 0) is 37.9 Å². The van der Waals surface area contributed by atoms with Gasteiger partial charge < -0.3 is 14.5 Å². The largest absolute Gasteiger partial charge is 0.462 e. The van der Waals surface area contributed by atoms with Gasteiger partial charge >= 0.3 is 6.18 Å². The Labute approximate surface area is 117 Å². The van der Waals surface area contributed by atoms with Gasteiger partial charge in [-0.1, -0.05) is 13.8 Å². The highest BCUT2D eigenvalue weighted by Crippen LogP contribution is 2.24. The molecule has 1 N–H and O–H groups in total. The van der Waals surface area contributed by atoms with Crippen LogP contribution in [0.25, 0.3) is 0 Å². The van der Waals surface area contributed by atoms with Gasteiger partial charge in [0.05, 0.1) is 6.54 Å². The van der Waals surface area contributed by atoms with E-state index in [-0.39, 0.29) is 6.61 Å². The van der Waals surface area contributed by atoms with Crippen molar-refractivity contribution in [3.63, 3.8) is 0 Å². The van der Waals surface area contributed by atoms with E-state index in [9.17, 15) is 13.2 Å². The molecule has 0 aliphatic carbocycles. The smallest absolute Gasteiger partial charge is 0.414 e. The fourth-order valence-electron chi connectivity index (χ4n) is 1.61. The number of halogens is 3. The third kappa shape index (κ3) is 5.54. The Bertz CT molecular complexity index is 413. The molecule has 3 nitrogen and oxygen atoms in total. The van der Waals surface area contributed by atoms with Gasteiger partial charge in [-0.3, -0.25) is 0 Å². The van der Waals surface area contributed by atoms with E-state index in [4.69, 9.17) is 9.15 Å². The molecule has 0 spiro atoms. The number of alkyl halides is 3. The number of furan rings is 1. The number of nitrogens with one attached hydrogen (secondary N) is 1. The Morgan fingerprint density at radius 2 is 1.95 bits per heavy atom. The van der Waals surface area contributed by atoms with Crippen molar-refractivity contribution in [3.8, 4) is 0 Å². The molecule has 0 aliphatic heterocycles. The summed E-state index contributed by atoms with van der Waals surface area (Å²) in [4.78, 5) is 0. The number of hydrogen-bond donors (Lipinski definition) is 1. The minimum Gasteiger partial charge on any atom is -0.462 e. The van der Waals surface area contributed by atoms with Crippen LogP contribution in [-0.2, 0) is 17.9 Å². The van der Waals surface area contributed by atoms with Crippen molar-refractivity contribution in [2.75, 3.05) is 6.54 Å². The lowest BCUT2D eigenvalue weighted by Gasteiger charge is -2.15. The highest BCUT2D eigenvalue weighted by molar-refractivity contribution is 5.19. The van der Waals surface area contributed by atoms with Gasteiger partial charge in [0.1, 0.15) is 18.1 Å². The molecule has 0 saturated carbocycles. The minimum absolute atomic E-state index is 0.175. The highest BCUT2D eigenvalue weighted by atomic mass is 19.4. The Morgan fingerprint density at radius 1 is 1.30 bits per heavy atom. The maximum atomic E-state index is 12.3. The standard InChI is InChI=1S/C14H22F3NO2/c1-9(2)6-18-7-13-10(3)5-12(20-13)8-19-11(4)14(15,16)17/h5,9,11,18H,6-8H2,1-4H3. The van der Waals surface area contributed by atoms with Crippen molar-refractivity contribution in [2.24, 2.45) is 5.92 Å². The SMILES string of the molecule is Cc1cc(COC(C)C(F)(F)F)oc1CNCC(C)C. The zero-order valence-corrected chi connectivity index (χ0v) is 12.3. The molecule has 0 bridgehead atoms. The van der Waals surface area contributed by atoms with E-state index in [1.54, 1.807) is 6.07 Å². The van der Waals surface area contributed by atoms with Gasteiger partial charge in [-0.2, -0.15) is 13.2 Å². The van der Waals surface area contributed by atoms with Crippen molar-refractivity contribution in [1.82, 2.24) is 5.32 Å². The van der Waals surface area contributed by atoms with Crippen LogP contribution < -0.4 is 5.32 Å². The van der Waals surface area contributed by atoms with Crippen molar-refractivity contribution in [2.45, 2.75) is 53.1 Å². The average Bonchev–Trinajstić information content (AvgIpc) is 2.65. The van der Waals surface area contributed by atoms with E-state index >= 15 is 0 Å². The summed E-state index contributed by atoms with van der Waals surface area (Å²) in [5.74, 6) is 1.68. The molecule has 0 saturated heterocycles. The molecule has 6 heteroatoms. The predicted octanol–water partition coefficient (Wildman–Crippen LogP) is 3.80. The maximum absolute atomic E-state index is 12.3. The van der Waals surface area contributed by atoms with Crippen molar-refractivity contribution in [3.05, 3.63) is 23.2 Å². The molecule has 1 unspecified atom stereocenters.